The molecule has 0 radical (unpaired) electrons. The molecule has 2 aromatic carbocycles. The van der Waals surface area contributed by atoms with Crippen LogP contribution in [0.3, 0.4) is 0 Å². The van der Waals surface area contributed by atoms with Gasteiger partial charge < -0.3 is 19.9 Å². The number of ether oxygens (including phenoxy) is 1. The van der Waals surface area contributed by atoms with Gasteiger partial charge in [0.2, 0.25) is 5.95 Å². The number of halogens is 3. The standard InChI is InChI=1S/C31H38F3N5O/c1-18(2)39-17-31(5,6)40-28-24(33)12-20(13-26(28)39)27-25(34)16-35-29(37-27)36-21-8-9-22(23(32)14-21)19-10-11-38(7)30(3,4)15-19/h8-9,12-14,16,18-19H,10-11,15,17H2,1-7H3,(H,35,36,37). The number of anilines is 3. The van der Waals surface area contributed by atoms with Gasteiger partial charge in [0.25, 0.3) is 0 Å². The van der Waals surface area contributed by atoms with Crippen LogP contribution in [0.2, 0.25) is 0 Å². The molecule has 9 heteroatoms. The van der Waals surface area contributed by atoms with Crippen LogP contribution in [-0.4, -0.2) is 52.2 Å². The summed E-state index contributed by atoms with van der Waals surface area (Å²) in [6.45, 7) is 13.7. The summed E-state index contributed by atoms with van der Waals surface area (Å²) in [6.07, 6.45) is 2.79. The number of nitrogens with zero attached hydrogens (tertiary/aromatic N) is 4. The van der Waals surface area contributed by atoms with Gasteiger partial charge in [-0.25, -0.2) is 23.1 Å². The Bertz CT molecular complexity index is 1420. The van der Waals surface area contributed by atoms with Crippen molar-refractivity contribution >= 4 is 17.3 Å². The second-order valence-electron chi connectivity index (χ2n) is 12.6. The van der Waals surface area contributed by atoms with Crippen molar-refractivity contribution in [1.82, 2.24) is 14.9 Å². The lowest BCUT2D eigenvalue weighted by atomic mass is 9.79. The molecule has 1 N–H and O–H groups in total. The summed E-state index contributed by atoms with van der Waals surface area (Å²) in [6, 6.07) is 8.00. The first-order chi connectivity index (χ1) is 18.7. The van der Waals surface area contributed by atoms with Crippen LogP contribution in [0.4, 0.5) is 30.5 Å². The Morgan fingerprint density at radius 3 is 2.45 bits per heavy atom. The highest BCUT2D eigenvalue weighted by Gasteiger charge is 2.36. The largest absolute Gasteiger partial charge is 0.481 e. The quantitative estimate of drug-likeness (QED) is 0.358. The summed E-state index contributed by atoms with van der Waals surface area (Å²) in [4.78, 5) is 12.7. The smallest absolute Gasteiger partial charge is 0.227 e. The molecule has 1 unspecified atom stereocenters. The van der Waals surface area contributed by atoms with Crippen LogP contribution in [0.25, 0.3) is 11.3 Å². The normalized spacial score (nSPS) is 20.3. The van der Waals surface area contributed by atoms with Crippen LogP contribution in [0.1, 0.15) is 65.9 Å². The van der Waals surface area contributed by atoms with Gasteiger partial charge in [0.05, 0.1) is 18.4 Å². The summed E-state index contributed by atoms with van der Waals surface area (Å²) >= 11 is 0. The molecule has 1 atom stereocenters. The van der Waals surface area contributed by atoms with Crippen LogP contribution in [-0.2, 0) is 0 Å². The molecule has 0 saturated carbocycles. The van der Waals surface area contributed by atoms with Crippen molar-refractivity contribution in [1.29, 1.82) is 0 Å². The van der Waals surface area contributed by atoms with Crippen molar-refractivity contribution in [2.24, 2.45) is 0 Å². The highest BCUT2D eigenvalue weighted by atomic mass is 19.1. The van der Waals surface area contributed by atoms with E-state index in [2.05, 4.69) is 41.1 Å². The number of likely N-dealkylation sites (tertiary alicyclic amines) is 1. The van der Waals surface area contributed by atoms with Gasteiger partial charge in [-0.05, 0) is 104 Å². The highest BCUT2D eigenvalue weighted by Crippen LogP contribution is 2.43. The summed E-state index contributed by atoms with van der Waals surface area (Å²) in [5, 5.41) is 2.98. The Kier molecular flexibility index (Phi) is 7.23. The molecule has 1 aromatic heterocycles. The lowest BCUT2D eigenvalue weighted by Crippen LogP contribution is -2.49. The van der Waals surface area contributed by atoms with Gasteiger partial charge >= 0.3 is 0 Å². The zero-order valence-corrected chi connectivity index (χ0v) is 24.3. The minimum absolute atomic E-state index is 0.00464. The Labute approximate surface area is 234 Å². The Morgan fingerprint density at radius 2 is 1.77 bits per heavy atom. The third kappa shape index (κ3) is 5.48. The summed E-state index contributed by atoms with van der Waals surface area (Å²) in [5.74, 6) is -1.22. The maximum absolute atomic E-state index is 15.3. The van der Waals surface area contributed by atoms with E-state index >= 15 is 8.78 Å². The van der Waals surface area contributed by atoms with E-state index in [0.29, 0.717) is 23.5 Å². The van der Waals surface area contributed by atoms with Gasteiger partial charge in [-0.1, -0.05) is 6.07 Å². The minimum Gasteiger partial charge on any atom is -0.481 e. The molecule has 40 heavy (non-hydrogen) atoms. The number of nitrogens with one attached hydrogen (secondary N) is 1. The lowest BCUT2D eigenvalue weighted by molar-refractivity contribution is 0.0933. The maximum atomic E-state index is 15.3. The molecule has 214 valence electrons. The fraction of sp³-hybridized carbons (Fsp3) is 0.484. The molecule has 0 bridgehead atoms. The number of benzene rings is 2. The predicted molar refractivity (Wildman–Crippen MR) is 153 cm³/mol. The van der Waals surface area contributed by atoms with Crippen molar-refractivity contribution in [2.75, 3.05) is 30.4 Å². The van der Waals surface area contributed by atoms with Gasteiger partial charge in [-0.3, -0.25) is 0 Å². The molecule has 0 amide bonds. The molecule has 2 aliphatic rings. The molecular formula is C31H38F3N5O. The molecular weight excluding hydrogens is 515 g/mol. The van der Waals surface area contributed by atoms with Crippen molar-refractivity contribution in [3.05, 3.63) is 59.5 Å². The SMILES string of the molecule is CC(C)N1CC(C)(C)Oc2c(F)cc(-c3nc(Nc4ccc(C5CCN(C)C(C)(C)C5)c(F)c4)ncc3F)cc21. The maximum Gasteiger partial charge on any atom is 0.227 e. The second kappa shape index (κ2) is 10.3. The molecule has 5 rings (SSSR count). The topological polar surface area (TPSA) is 53.5 Å². The Hall–Kier alpha value is -3.33. The van der Waals surface area contributed by atoms with Crippen molar-refractivity contribution in [3.63, 3.8) is 0 Å². The van der Waals surface area contributed by atoms with Crippen LogP contribution < -0.4 is 15.0 Å². The van der Waals surface area contributed by atoms with E-state index in [1.807, 2.05) is 32.6 Å². The fourth-order valence-corrected chi connectivity index (χ4v) is 5.77. The van der Waals surface area contributed by atoms with Crippen molar-refractivity contribution in [3.8, 4) is 17.0 Å². The molecule has 6 nitrogen and oxygen atoms in total. The molecule has 1 fully saturated rings. The van der Waals surface area contributed by atoms with Gasteiger partial charge in [0.1, 0.15) is 17.1 Å². The number of aromatic nitrogens is 2. The van der Waals surface area contributed by atoms with E-state index < -0.39 is 17.2 Å². The number of hydrogen-bond donors (Lipinski definition) is 1. The van der Waals surface area contributed by atoms with Gasteiger partial charge in [-0.2, -0.15) is 0 Å². The first kappa shape index (κ1) is 28.2. The molecule has 0 spiro atoms. The molecule has 3 aromatic rings. The van der Waals surface area contributed by atoms with Gasteiger partial charge in [0.15, 0.2) is 17.4 Å². The van der Waals surface area contributed by atoms with E-state index in [4.69, 9.17) is 4.74 Å². The van der Waals surface area contributed by atoms with E-state index in [0.717, 1.165) is 25.6 Å². The Morgan fingerprint density at radius 1 is 1.02 bits per heavy atom. The number of rotatable bonds is 5. The third-order valence-corrected chi connectivity index (χ3v) is 8.19. The van der Waals surface area contributed by atoms with Crippen LogP contribution in [0.15, 0.2) is 36.5 Å². The third-order valence-electron chi connectivity index (χ3n) is 8.19. The summed E-state index contributed by atoms with van der Waals surface area (Å²) in [5.41, 5.74) is 1.31. The van der Waals surface area contributed by atoms with Crippen molar-refractivity contribution < 1.29 is 17.9 Å². The summed E-state index contributed by atoms with van der Waals surface area (Å²) < 4.78 is 51.5. The number of fused-ring (bicyclic) bond motifs is 1. The van der Waals surface area contributed by atoms with Crippen LogP contribution >= 0.6 is 0 Å². The van der Waals surface area contributed by atoms with E-state index in [-0.39, 0.29) is 46.3 Å². The average molecular weight is 554 g/mol. The monoisotopic (exact) mass is 553 g/mol. The van der Waals surface area contributed by atoms with Crippen molar-refractivity contribution in [2.45, 2.75) is 77.5 Å². The molecule has 1 saturated heterocycles. The lowest BCUT2D eigenvalue weighted by Gasteiger charge is -2.43. The zero-order chi connectivity index (χ0) is 29.0. The van der Waals surface area contributed by atoms with E-state index in [1.54, 1.807) is 18.2 Å². The second-order valence-corrected chi connectivity index (χ2v) is 12.6. The number of piperidine rings is 1. The average Bonchev–Trinajstić information content (AvgIpc) is 2.86. The Balaban J connectivity index is 1.42. The molecule has 3 heterocycles. The van der Waals surface area contributed by atoms with E-state index in [1.165, 1.54) is 12.1 Å². The van der Waals surface area contributed by atoms with Gasteiger partial charge in [0, 0.05) is 22.8 Å². The first-order valence-electron chi connectivity index (χ1n) is 13.8. The zero-order valence-electron chi connectivity index (χ0n) is 24.3. The number of hydrogen-bond acceptors (Lipinski definition) is 6. The first-order valence-corrected chi connectivity index (χ1v) is 13.8. The predicted octanol–water partition coefficient (Wildman–Crippen LogP) is 7.28. The molecule has 2 aliphatic heterocycles. The fourth-order valence-electron chi connectivity index (χ4n) is 5.77. The summed E-state index contributed by atoms with van der Waals surface area (Å²) in [7, 11) is 2.10. The van der Waals surface area contributed by atoms with Gasteiger partial charge in [-0.15, -0.1) is 0 Å². The highest BCUT2D eigenvalue weighted by molar-refractivity contribution is 5.73. The minimum atomic E-state index is -0.690. The van der Waals surface area contributed by atoms with E-state index in [9.17, 15) is 4.39 Å². The molecule has 0 aliphatic carbocycles. The van der Waals surface area contributed by atoms with Crippen LogP contribution in [0.5, 0.6) is 5.75 Å². The van der Waals surface area contributed by atoms with Crippen LogP contribution in [0, 0.1) is 17.5 Å².